The number of nitrogens with one attached hydrogen (secondary N) is 1. The first kappa shape index (κ1) is 24.2. The highest BCUT2D eigenvalue weighted by atomic mass is 79.9. The van der Waals surface area contributed by atoms with Crippen molar-refractivity contribution in [1.82, 2.24) is 4.90 Å². The fourth-order valence-corrected chi connectivity index (χ4v) is 6.72. The number of hydrogen-bond acceptors (Lipinski definition) is 6. The fraction of sp³-hybridized carbons (Fsp3) is 0.625. The molecule has 0 radical (unpaired) electrons. The number of hydrogen-bond donors (Lipinski definition) is 2. The van der Waals surface area contributed by atoms with Gasteiger partial charge in [-0.15, -0.1) is 0 Å². The molecule has 3 aliphatic heterocycles. The van der Waals surface area contributed by atoms with E-state index >= 15 is 0 Å². The molecule has 9 heteroatoms. The average Bonchev–Trinajstić information content (AvgIpc) is 3.35. The lowest BCUT2D eigenvalue weighted by Gasteiger charge is -2.34. The topological polar surface area (TPSA) is 105 Å². The average molecular weight is 523 g/mol. The van der Waals surface area contributed by atoms with Crippen molar-refractivity contribution in [3.63, 3.8) is 0 Å². The number of alkyl halides is 1. The summed E-state index contributed by atoms with van der Waals surface area (Å²) in [4.78, 5) is 41.7. The van der Waals surface area contributed by atoms with Gasteiger partial charge in [-0.05, 0) is 51.2 Å². The third-order valence-electron chi connectivity index (χ3n) is 7.13. The zero-order valence-electron chi connectivity index (χ0n) is 19.2. The van der Waals surface area contributed by atoms with Crippen molar-refractivity contribution in [3.8, 4) is 0 Å². The van der Waals surface area contributed by atoms with Crippen LogP contribution in [0.4, 0.5) is 5.69 Å². The largest absolute Gasteiger partial charge is 0.466 e. The Bertz CT molecular complexity index is 935. The number of unbranched alkanes of at least 4 members (excludes halogenated alkanes) is 1. The van der Waals surface area contributed by atoms with E-state index in [1.54, 1.807) is 11.8 Å². The molecular formula is C24H31BrN2O6. The van der Waals surface area contributed by atoms with Crippen LogP contribution in [-0.4, -0.2) is 70.1 Å². The van der Waals surface area contributed by atoms with E-state index in [1.807, 2.05) is 32.0 Å². The molecule has 1 spiro atoms. The number of halogens is 1. The van der Waals surface area contributed by atoms with Crippen LogP contribution in [0.1, 0.15) is 37.3 Å². The minimum Gasteiger partial charge on any atom is -0.466 e. The molecule has 4 rings (SSSR count). The molecule has 3 aliphatic rings. The quantitative estimate of drug-likeness (QED) is 0.308. The number of ether oxygens (including phenoxy) is 2. The molecule has 2 bridgehead atoms. The summed E-state index contributed by atoms with van der Waals surface area (Å²) in [5, 5.41) is 12.3. The van der Waals surface area contributed by atoms with Crippen LogP contribution in [0.25, 0.3) is 0 Å². The van der Waals surface area contributed by atoms with Gasteiger partial charge in [0.05, 0.1) is 24.5 Å². The second-order valence-electron chi connectivity index (χ2n) is 9.13. The van der Waals surface area contributed by atoms with Gasteiger partial charge in [0, 0.05) is 23.7 Å². The fourth-order valence-electron chi connectivity index (χ4n) is 5.78. The van der Waals surface area contributed by atoms with E-state index in [-0.39, 0.29) is 29.9 Å². The maximum atomic E-state index is 13.8. The van der Waals surface area contributed by atoms with Gasteiger partial charge in [0.1, 0.15) is 11.6 Å². The molecule has 2 N–H and O–H groups in total. The number of aliphatic hydroxyl groups is 1. The highest BCUT2D eigenvalue weighted by molar-refractivity contribution is 9.09. The third kappa shape index (κ3) is 3.88. The summed E-state index contributed by atoms with van der Waals surface area (Å²) in [6.07, 6.45) is 0.987. The number of rotatable bonds is 8. The molecule has 3 heterocycles. The Morgan fingerprint density at radius 2 is 2.00 bits per heavy atom. The van der Waals surface area contributed by atoms with E-state index < -0.39 is 35.6 Å². The molecule has 2 amide bonds. The molecule has 1 aromatic carbocycles. The van der Waals surface area contributed by atoms with Crippen molar-refractivity contribution in [2.75, 3.05) is 25.1 Å². The third-order valence-corrected chi connectivity index (χ3v) is 7.98. The minimum absolute atomic E-state index is 0.00334. The van der Waals surface area contributed by atoms with Crippen molar-refractivity contribution >= 4 is 39.4 Å². The normalized spacial score (nSPS) is 32.2. The van der Waals surface area contributed by atoms with Gasteiger partial charge in [-0.2, -0.15) is 0 Å². The smallest absolute Gasteiger partial charge is 0.312 e. The van der Waals surface area contributed by atoms with E-state index in [4.69, 9.17) is 9.47 Å². The highest BCUT2D eigenvalue weighted by Crippen LogP contribution is 2.60. The van der Waals surface area contributed by atoms with Crippen LogP contribution in [0.15, 0.2) is 18.2 Å². The van der Waals surface area contributed by atoms with Crippen LogP contribution in [-0.2, 0) is 23.9 Å². The summed E-state index contributed by atoms with van der Waals surface area (Å²) in [6, 6.07) is 4.89. The summed E-state index contributed by atoms with van der Waals surface area (Å²) in [6.45, 7) is 6.09. The number of anilines is 1. The van der Waals surface area contributed by atoms with Gasteiger partial charge >= 0.3 is 5.97 Å². The van der Waals surface area contributed by atoms with Gasteiger partial charge in [0.25, 0.3) is 0 Å². The van der Waals surface area contributed by atoms with Gasteiger partial charge in [-0.1, -0.05) is 34.1 Å². The summed E-state index contributed by atoms with van der Waals surface area (Å²) >= 11 is 3.63. The number of amides is 2. The maximum absolute atomic E-state index is 13.8. The molecular weight excluding hydrogens is 492 g/mol. The summed E-state index contributed by atoms with van der Waals surface area (Å²) in [7, 11) is 0. The monoisotopic (exact) mass is 522 g/mol. The minimum atomic E-state index is -1.10. The number of carbonyl (C=O) groups excluding carboxylic acids is 3. The molecule has 8 nitrogen and oxygen atoms in total. The van der Waals surface area contributed by atoms with E-state index in [0.717, 1.165) is 16.8 Å². The zero-order valence-corrected chi connectivity index (χ0v) is 20.8. The first-order valence-corrected chi connectivity index (χ1v) is 12.4. The van der Waals surface area contributed by atoms with Crippen molar-refractivity contribution in [2.45, 2.75) is 62.6 Å². The summed E-state index contributed by atoms with van der Waals surface area (Å²) < 4.78 is 11.7. The Kier molecular flexibility index (Phi) is 6.85. The molecule has 0 aliphatic carbocycles. The van der Waals surface area contributed by atoms with Crippen LogP contribution in [0, 0.1) is 25.7 Å². The SMILES string of the molecule is CCOC(=O)[C@@H]1[C@H]2O[C@@]3(CC2Br)[C@H](C(=O)Nc2c(C)cccc2C)N(CCCCO)C(=O)[C@@H]13. The number of aryl methyl sites for hydroxylation is 2. The van der Waals surface area contributed by atoms with Gasteiger partial charge in [-0.3, -0.25) is 14.4 Å². The van der Waals surface area contributed by atoms with Crippen LogP contribution >= 0.6 is 15.9 Å². The second-order valence-corrected chi connectivity index (χ2v) is 10.3. The standard InChI is InChI=1S/C24H31BrN2O6/c1-4-32-23(31)16-17-22(30)27(10-5-6-11-28)20(24(17)12-15(25)19(16)33-24)21(29)26-18-13(2)8-7-9-14(18)3/h7-9,15-17,19-20,28H,4-6,10-12H2,1-3H3,(H,26,29)/t15?,16-,17+,19-,20-,24+/m0/s1. The number of carbonyl (C=O) groups is 3. The number of nitrogens with zero attached hydrogens (tertiary/aromatic N) is 1. The number of likely N-dealkylation sites (tertiary alicyclic amines) is 1. The molecule has 33 heavy (non-hydrogen) atoms. The van der Waals surface area contributed by atoms with Crippen molar-refractivity contribution in [2.24, 2.45) is 11.8 Å². The Labute approximate surface area is 202 Å². The summed E-state index contributed by atoms with van der Waals surface area (Å²) in [5.41, 5.74) is 1.46. The number of para-hydroxylation sites is 1. The van der Waals surface area contributed by atoms with E-state index in [2.05, 4.69) is 21.2 Å². The Hall–Kier alpha value is -1.97. The van der Waals surface area contributed by atoms with Crippen molar-refractivity contribution < 1.29 is 29.0 Å². The molecule has 180 valence electrons. The Morgan fingerprint density at radius 1 is 1.30 bits per heavy atom. The first-order valence-electron chi connectivity index (χ1n) is 11.5. The van der Waals surface area contributed by atoms with E-state index in [0.29, 0.717) is 25.8 Å². The molecule has 1 aromatic rings. The number of benzene rings is 1. The van der Waals surface area contributed by atoms with Crippen LogP contribution < -0.4 is 5.32 Å². The van der Waals surface area contributed by atoms with Crippen LogP contribution in [0.5, 0.6) is 0 Å². The van der Waals surface area contributed by atoms with Crippen LogP contribution in [0.2, 0.25) is 0 Å². The number of aliphatic hydroxyl groups excluding tert-OH is 1. The molecule has 0 saturated carbocycles. The van der Waals surface area contributed by atoms with E-state index in [1.165, 1.54) is 0 Å². The predicted octanol–water partition coefficient (Wildman–Crippen LogP) is 2.33. The predicted molar refractivity (Wildman–Crippen MR) is 125 cm³/mol. The number of esters is 1. The van der Waals surface area contributed by atoms with Gasteiger partial charge in [0.2, 0.25) is 11.8 Å². The highest BCUT2D eigenvalue weighted by Gasteiger charge is 2.76. The maximum Gasteiger partial charge on any atom is 0.312 e. The van der Waals surface area contributed by atoms with Gasteiger partial charge < -0.3 is 24.8 Å². The Morgan fingerprint density at radius 3 is 2.64 bits per heavy atom. The Balaban J connectivity index is 1.72. The zero-order chi connectivity index (χ0) is 23.9. The second kappa shape index (κ2) is 9.35. The number of fused-ring (bicyclic) bond motifs is 1. The van der Waals surface area contributed by atoms with Crippen molar-refractivity contribution in [1.29, 1.82) is 0 Å². The summed E-state index contributed by atoms with van der Waals surface area (Å²) in [5.74, 6) is -2.56. The molecule has 0 aromatic heterocycles. The van der Waals surface area contributed by atoms with E-state index in [9.17, 15) is 19.5 Å². The van der Waals surface area contributed by atoms with Crippen LogP contribution in [0.3, 0.4) is 0 Å². The lowest BCUT2D eigenvalue weighted by molar-refractivity contribution is -0.154. The molecule has 3 fully saturated rings. The lowest BCUT2D eigenvalue weighted by atomic mass is 9.70. The lowest BCUT2D eigenvalue weighted by Crippen LogP contribution is -2.54. The first-order chi connectivity index (χ1) is 15.8. The van der Waals surface area contributed by atoms with Gasteiger partial charge in [0.15, 0.2) is 0 Å². The van der Waals surface area contributed by atoms with Gasteiger partial charge in [-0.25, -0.2) is 0 Å². The molecule has 1 unspecified atom stereocenters. The molecule has 3 saturated heterocycles. The molecule has 6 atom stereocenters. The van der Waals surface area contributed by atoms with Crippen molar-refractivity contribution in [3.05, 3.63) is 29.3 Å².